The van der Waals surface area contributed by atoms with Crippen LogP contribution in [-0.2, 0) is 5.92 Å². The summed E-state index contributed by atoms with van der Waals surface area (Å²) < 4.78 is 53.3. The molecule has 17 heavy (non-hydrogen) atoms. The zero-order valence-corrected chi connectivity index (χ0v) is 9.01. The standard InChI is InChI=1S/C12H10F4O/c1-3-11(13,14)12(15,16)10-7-5-4-6-9(10)8(2)17/h3-7H,1H2,2H3. The highest BCUT2D eigenvalue weighted by molar-refractivity contribution is 5.95. The zero-order chi connectivity index (χ0) is 13.3. The number of rotatable bonds is 4. The van der Waals surface area contributed by atoms with Crippen LogP contribution in [0.25, 0.3) is 0 Å². The summed E-state index contributed by atoms with van der Waals surface area (Å²) in [5.74, 6) is -9.56. The summed E-state index contributed by atoms with van der Waals surface area (Å²) in [6.45, 7) is 3.73. The highest BCUT2D eigenvalue weighted by Crippen LogP contribution is 2.44. The molecule has 0 saturated carbocycles. The van der Waals surface area contributed by atoms with Crippen LogP contribution < -0.4 is 0 Å². The molecule has 1 rings (SSSR count). The van der Waals surface area contributed by atoms with Crippen molar-refractivity contribution in [1.82, 2.24) is 0 Å². The van der Waals surface area contributed by atoms with Gasteiger partial charge in [0.25, 0.3) is 0 Å². The molecule has 0 aliphatic carbocycles. The lowest BCUT2D eigenvalue weighted by molar-refractivity contribution is -0.186. The van der Waals surface area contributed by atoms with Gasteiger partial charge in [-0.25, -0.2) is 0 Å². The number of carbonyl (C=O) groups excluding carboxylic acids is 1. The molecule has 0 spiro atoms. The molecule has 0 amide bonds. The van der Waals surface area contributed by atoms with Gasteiger partial charge in [-0.15, -0.1) is 0 Å². The third kappa shape index (κ3) is 2.23. The van der Waals surface area contributed by atoms with E-state index in [1.165, 1.54) is 12.1 Å². The van der Waals surface area contributed by atoms with Gasteiger partial charge < -0.3 is 0 Å². The number of halogens is 4. The molecule has 0 N–H and O–H groups in total. The van der Waals surface area contributed by atoms with Crippen molar-refractivity contribution in [3.8, 4) is 0 Å². The maximum Gasteiger partial charge on any atom is 0.339 e. The lowest BCUT2D eigenvalue weighted by atomic mass is 9.95. The van der Waals surface area contributed by atoms with E-state index in [4.69, 9.17) is 0 Å². The van der Waals surface area contributed by atoms with Gasteiger partial charge >= 0.3 is 11.8 Å². The number of benzene rings is 1. The fourth-order valence-corrected chi connectivity index (χ4v) is 1.37. The van der Waals surface area contributed by atoms with Gasteiger partial charge in [0.1, 0.15) is 0 Å². The Balaban J connectivity index is 3.43. The van der Waals surface area contributed by atoms with Gasteiger partial charge in [0.05, 0.1) is 0 Å². The van der Waals surface area contributed by atoms with Crippen LogP contribution in [0.4, 0.5) is 17.6 Å². The Kier molecular flexibility index (Phi) is 3.40. The van der Waals surface area contributed by atoms with Crippen LogP contribution in [0.5, 0.6) is 0 Å². The first kappa shape index (κ1) is 13.4. The van der Waals surface area contributed by atoms with E-state index in [0.29, 0.717) is 0 Å². The number of Topliss-reactive ketones (excluding diaryl/α,β-unsaturated/α-hetero) is 1. The van der Waals surface area contributed by atoms with Gasteiger partial charge in [0.15, 0.2) is 5.78 Å². The summed E-state index contributed by atoms with van der Waals surface area (Å²) in [7, 11) is 0. The van der Waals surface area contributed by atoms with Crippen LogP contribution in [0.1, 0.15) is 22.8 Å². The van der Waals surface area contributed by atoms with Crippen LogP contribution in [0.2, 0.25) is 0 Å². The second kappa shape index (κ2) is 4.31. The number of allylic oxidation sites excluding steroid dienone is 1. The molecule has 0 aliphatic rings. The number of hydrogen-bond acceptors (Lipinski definition) is 1. The molecule has 0 bridgehead atoms. The van der Waals surface area contributed by atoms with Crippen molar-refractivity contribution in [2.75, 3.05) is 0 Å². The van der Waals surface area contributed by atoms with Crippen molar-refractivity contribution in [3.63, 3.8) is 0 Å². The first-order valence-corrected chi connectivity index (χ1v) is 4.73. The highest BCUT2D eigenvalue weighted by Gasteiger charge is 2.56. The Morgan fingerprint density at radius 2 is 1.76 bits per heavy atom. The molecule has 92 valence electrons. The fraction of sp³-hybridized carbons (Fsp3) is 0.250. The quantitative estimate of drug-likeness (QED) is 0.448. The molecule has 0 fully saturated rings. The van der Waals surface area contributed by atoms with Crippen molar-refractivity contribution in [2.24, 2.45) is 0 Å². The topological polar surface area (TPSA) is 17.1 Å². The van der Waals surface area contributed by atoms with Gasteiger partial charge in [0, 0.05) is 11.1 Å². The second-order valence-electron chi connectivity index (χ2n) is 3.50. The molecule has 0 unspecified atom stereocenters. The van der Waals surface area contributed by atoms with E-state index >= 15 is 0 Å². The molecule has 1 aromatic carbocycles. The summed E-state index contributed by atoms with van der Waals surface area (Å²) in [6, 6.07) is 4.41. The third-order valence-corrected chi connectivity index (χ3v) is 2.32. The number of carbonyl (C=O) groups is 1. The monoisotopic (exact) mass is 246 g/mol. The lowest BCUT2D eigenvalue weighted by Crippen LogP contribution is -2.37. The first-order valence-electron chi connectivity index (χ1n) is 4.73. The van der Waals surface area contributed by atoms with Crippen LogP contribution in [-0.4, -0.2) is 11.7 Å². The van der Waals surface area contributed by atoms with Gasteiger partial charge in [0.2, 0.25) is 0 Å². The molecular formula is C12H10F4O. The van der Waals surface area contributed by atoms with E-state index in [2.05, 4.69) is 6.58 Å². The molecular weight excluding hydrogens is 236 g/mol. The molecule has 0 aliphatic heterocycles. The molecule has 0 saturated heterocycles. The van der Waals surface area contributed by atoms with Crippen LogP contribution >= 0.6 is 0 Å². The molecule has 1 nitrogen and oxygen atoms in total. The van der Waals surface area contributed by atoms with E-state index < -0.39 is 28.8 Å². The fourth-order valence-electron chi connectivity index (χ4n) is 1.37. The predicted molar refractivity (Wildman–Crippen MR) is 55.5 cm³/mol. The molecule has 1 aromatic rings. The number of ketones is 1. The van der Waals surface area contributed by atoms with Gasteiger partial charge in [-0.1, -0.05) is 30.8 Å². The average molecular weight is 246 g/mol. The minimum absolute atomic E-state index is 0.121. The smallest absolute Gasteiger partial charge is 0.294 e. The van der Waals surface area contributed by atoms with E-state index in [0.717, 1.165) is 19.1 Å². The maximum atomic E-state index is 13.6. The molecule has 0 aromatic heterocycles. The minimum Gasteiger partial charge on any atom is -0.294 e. The second-order valence-corrected chi connectivity index (χ2v) is 3.50. The van der Waals surface area contributed by atoms with E-state index in [9.17, 15) is 22.4 Å². The highest BCUT2D eigenvalue weighted by atomic mass is 19.3. The normalized spacial score (nSPS) is 12.3. The Labute approximate surface area is 95.8 Å². The van der Waals surface area contributed by atoms with Gasteiger partial charge in [-0.05, 0) is 13.0 Å². The summed E-state index contributed by atoms with van der Waals surface area (Å²) in [5.41, 5.74) is -1.41. The Bertz CT molecular complexity index is 452. The zero-order valence-electron chi connectivity index (χ0n) is 9.01. The lowest BCUT2D eigenvalue weighted by Gasteiger charge is -2.25. The molecule has 0 heterocycles. The van der Waals surface area contributed by atoms with Gasteiger partial charge in [-0.3, -0.25) is 4.79 Å². The SMILES string of the molecule is C=CC(F)(F)C(F)(F)c1ccccc1C(C)=O. The van der Waals surface area contributed by atoms with Crippen molar-refractivity contribution in [2.45, 2.75) is 18.8 Å². The first-order chi connectivity index (χ1) is 7.74. The van der Waals surface area contributed by atoms with Gasteiger partial charge in [-0.2, -0.15) is 17.6 Å². The van der Waals surface area contributed by atoms with E-state index in [1.807, 2.05) is 0 Å². The Hall–Kier alpha value is -1.65. The van der Waals surface area contributed by atoms with Crippen molar-refractivity contribution in [3.05, 3.63) is 48.0 Å². The van der Waals surface area contributed by atoms with Crippen molar-refractivity contribution in [1.29, 1.82) is 0 Å². The Morgan fingerprint density at radius 3 is 2.24 bits per heavy atom. The average Bonchev–Trinajstić information content (AvgIpc) is 2.28. The van der Waals surface area contributed by atoms with Crippen LogP contribution in [0, 0.1) is 0 Å². The van der Waals surface area contributed by atoms with E-state index in [1.54, 1.807) is 0 Å². The molecule has 5 heteroatoms. The third-order valence-electron chi connectivity index (χ3n) is 2.32. The Morgan fingerprint density at radius 1 is 1.24 bits per heavy atom. The summed E-state index contributed by atoms with van der Waals surface area (Å²) >= 11 is 0. The largest absolute Gasteiger partial charge is 0.339 e. The molecule has 0 radical (unpaired) electrons. The van der Waals surface area contributed by atoms with Crippen LogP contribution in [0.15, 0.2) is 36.9 Å². The summed E-state index contributed by atoms with van der Waals surface area (Å²) in [6.07, 6.45) is -0.121. The summed E-state index contributed by atoms with van der Waals surface area (Å²) in [4.78, 5) is 11.1. The number of hydrogen-bond donors (Lipinski definition) is 0. The number of alkyl halides is 4. The van der Waals surface area contributed by atoms with E-state index in [-0.39, 0.29) is 6.08 Å². The predicted octanol–water partition coefficient (Wildman–Crippen LogP) is 3.80. The minimum atomic E-state index is -4.46. The van der Waals surface area contributed by atoms with Crippen molar-refractivity contribution >= 4 is 5.78 Å². The molecule has 0 atom stereocenters. The van der Waals surface area contributed by atoms with Crippen molar-refractivity contribution < 1.29 is 22.4 Å². The van der Waals surface area contributed by atoms with Crippen LogP contribution in [0.3, 0.4) is 0 Å². The summed E-state index contributed by atoms with van der Waals surface area (Å²) in [5, 5.41) is 0. The maximum absolute atomic E-state index is 13.6.